The largest absolute Gasteiger partial charge is 0.489 e. The molecule has 0 aliphatic carbocycles. The van der Waals surface area contributed by atoms with Crippen LogP contribution in [0.5, 0.6) is 5.75 Å². The molecular weight excluding hydrogens is 429 g/mol. The molecule has 0 bridgehead atoms. The number of halogens is 3. The highest BCUT2D eigenvalue weighted by Crippen LogP contribution is 2.24. The Morgan fingerprint density at radius 3 is 2.56 bits per heavy atom. The van der Waals surface area contributed by atoms with E-state index in [0.29, 0.717) is 18.2 Å². The molecule has 0 fully saturated rings. The maximum Gasteiger partial charge on any atom is 0.124 e. The minimum Gasteiger partial charge on any atom is -0.489 e. The number of hydrogen-bond acceptors (Lipinski definition) is 2. The van der Waals surface area contributed by atoms with Crippen LogP contribution in [-0.2, 0) is 19.6 Å². The molecular formula is C22H20BrClFNO. The summed E-state index contributed by atoms with van der Waals surface area (Å²) in [5, 5.41) is 4.13. The van der Waals surface area contributed by atoms with E-state index in [9.17, 15) is 4.39 Å². The van der Waals surface area contributed by atoms with Crippen molar-refractivity contribution < 1.29 is 9.13 Å². The topological polar surface area (TPSA) is 21.3 Å². The summed E-state index contributed by atoms with van der Waals surface area (Å²) in [6.07, 6.45) is 0.840. The summed E-state index contributed by atoms with van der Waals surface area (Å²) in [4.78, 5) is 0. The van der Waals surface area contributed by atoms with E-state index < -0.39 is 0 Å². The van der Waals surface area contributed by atoms with Crippen molar-refractivity contribution in [3.05, 3.63) is 98.7 Å². The minimum atomic E-state index is -0.206. The summed E-state index contributed by atoms with van der Waals surface area (Å²) in [5.74, 6) is 0.634. The van der Waals surface area contributed by atoms with Crippen molar-refractivity contribution in [1.29, 1.82) is 0 Å². The van der Waals surface area contributed by atoms with Crippen LogP contribution >= 0.6 is 27.5 Å². The summed E-state index contributed by atoms with van der Waals surface area (Å²) in [5.41, 5.74) is 3.21. The molecule has 0 radical (unpaired) electrons. The average molecular weight is 449 g/mol. The molecule has 0 amide bonds. The second-order valence-electron chi connectivity index (χ2n) is 6.22. The molecule has 0 aromatic heterocycles. The van der Waals surface area contributed by atoms with Crippen molar-refractivity contribution in [3.63, 3.8) is 0 Å². The van der Waals surface area contributed by atoms with Crippen LogP contribution in [0.1, 0.15) is 16.7 Å². The van der Waals surface area contributed by atoms with Crippen molar-refractivity contribution in [2.24, 2.45) is 0 Å². The Labute approximate surface area is 172 Å². The molecule has 0 heterocycles. The highest BCUT2D eigenvalue weighted by molar-refractivity contribution is 9.10. The number of ether oxygens (including phenoxy) is 1. The van der Waals surface area contributed by atoms with Gasteiger partial charge in [0, 0.05) is 21.6 Å². The zero-order valence-electron chi connectivity index (χ0n) is 14.7. The molecule has 1 N–H and O–H groups in total. The molecule has 0 unspecified atom stereocenters. The van der Waals surface area contributed by atoms with E-state index in [-0.39, 0.29) is 5.82 Å². The number of nitrogens with one attached hydrogen (secondary N) is 1. The van der Waals surface area contributed by atoms with Gasteiger partial charge in [0.25, 0.3) is 0 Å². The Bertz CT molecular complexity index is 886. The Morgan fingerprint density at radius 2 is 1.78 bits per heavy atom. The lowest BCUT2D eigenvalue weighted by Crippen LogP contribution is -2.17. The van der Waals surface area contributed by atoms with Crippen LogP contribution in [0.3, 0.4) is 0 Å². The Balaban J connectivity index is 1.56. The third kappa shape index (κ3) is 6.35. The van der Waals surface area contributed by atoms with E-state index in [4.69, 9.17) is 16.3 Å². The van der Waals surface area contributed by atoms with E-state index >= 15 is 0 Å². The molecule has 3 rings (SSSR count). The normalized spacial score (nSPS) is 10.8. The van der Waals surface area contributed by atoms with Gasteiger partial charge in [-0.05, 0) is 66.6 Å². The Kier molecular flexibility index (Phi) is 7.27. The molecule has 140 valence electrons. The van der Waals surface area contributed by atoms with E-state index in [1.807, 2.05) is 48.5 Å². The summed E-state index contributed by atoms with van der Waals surface area (Å²) in [6.45, 7) is 1.95. The molecule has 3 aromatic rings. The van der Waals surface area contributed by atoms with Gasteiger partial charge in [-0.3, -0.25) is 0 Å². The molecule has 0 atom stereocenters. The van der Waals surface area contributed by atoms with E-state index in [1.54, 1.807) is 0 Å². The fraction of sp³-hybridized carbons (Fsp3) is 0.182. The standard InChI is InChI=1S/C22H20BrClFNO/c23-19-6-9-22(27-15-17-2-1-3-20(24)12-17)18(13-19)14-26-11-10-16-4-7-21(25)8-5-16/h1-9,12-13,26H,10-11,14-15H2. The molecule has 0 aliphatic rings. The monoisotopic (exact) mass is 447 g/mol. The van der Waals surface area contributed by atoms with Gasteiger partial charge < -0.3 is 10.1 Å². The summed E-state index contributed by atoms with van der Waals surface area (Å²) >= 11 is 9.55. The minimum absolute atomic E-state index is 0.206. The van der Waals surface area contributed by atoms with Crippen LogP contribution in [0.25, 0.3) is 0 Å². The van der Waals surface area contributed by atoms with E-state index in [2.05, 4.69) is 27.3 Å². The van der Waals surface area contributed by atoms with E-state index in [0.717, 1.165) is 39.9 Å². The van der Waals surface area contributed by atoms with Gasteiger partial charge in [-0.25, -0.2) is 4.39 Å². The summed E-state index contributed by atoms with van der Waals surface area (Å²) in [6, 6.07) is 20.3. The van der Waals surface area contributed by atoms with Crippen LogP contribution in [0.15, 0.2) is 71.2 Å². The lowest BCUT2D eigenvalue weighted by atomic mass is 10.1. The second kappa shape index (κ2) is 9.88. The molecule has 0 saturated carbocycles. The van der Waals surface area contributed by atoms with Crippen molar-refractivity contribution in [2.75, 3.05) is 6.54 Å². The van der Waals surface area contributed by atoms with Gasteiger partial charge in [-0.1, -0.05) is 51.8 Å². The molecule has 3 aromatic carbocycles. The quantitative estimate of drug-likeness (QED) is 0.417. The van der Waals surface area contributed by atoms with E-state index in [1.165, 1.54) is 12.1 Å². The lowest BCUT2D eigenvalue weighted by molar-refractivity contribution is 0.302. The second-order valence-corrected chi connectivity index (χ2v) is 7.58. The zero-order chi connectivity index (χ0) is 19.1. The van der Waals surface area contributed by atoms with Crippen molar-refractivity contribution in [2.45, 2.75) is 19.6 Å². The van der Waals surface area contributed by atoms with Gasteiger partial charge >= 0.3 is 0 Å². The first kappa shape index (κ1) is 19.9. The Hall–Kier alpha value is -1.88. The highest BCUT2D eigenvalue weighted by atomic mass is 79.9. The van der Waals surface area contributed by atoms with Crippen LogP contribution in [0, 0.1) is 5.82 Å². The third-order valence-electron chi connectivity index (χ3n) is 4.13. The number of hydrogen-bond donors (Lipinski definition) is 1. The predicted octanol–water partition coefficient (Wildman–Crippen LogP) is 6.15. The van der Waals surface area contributed by atoms with Gasteiger partial charge in [0.2, 0.25) is 0 Å². The Morgan fingerprint density at radius 1 is 0.963 bits per heavy atom. The maximum atomic E-state index is 13.0. The first-order chi connectivity index (χ1) is 13.1. The fourth-order valence-electron chi connectivity index (χ4n) is 2.72. The molecule has 2 nitrogen and oxygen atoms in total. The number of rotatable bonds is 8. The molecule has 5 heteroatoms. The van der Waals surface area contributed by atoms with Crippen LogP contribution in [0.4, 0.5) is 4.39 Å². The summed E-state index contributed by atoms with van der Waals surface area (Å²) < 4.78 is 20.0. The highest BCUT2D eigenvalue weighted by Gasteiger charge is 2.06. The summed E-state index contributed by atoms with van der Waals surface area (Å²) in [7, 11) is 0. The first-order valence-corrected chi connectivity index (χ1v) is 9.88. The van der Waals surface area contributed by atoms with Gasteiger partial charge in [0.05, 0.1) is 0 Å². The van der Waals surface area contributed by atoms with Crippen molar-refractivity contribution >= 4 is 27.5 Å². The smallest absolute Gasteiger partial charge is 0.124 e. The van der Waals surface area contributed by atoms with Gasteiger partial charge in [0.15, 0.2) is 0 Å². The maximum absolute atomic E-state index is 13.0. The third-order valence-corrected chi connectivity index (χ3v) is 4.85. The predicted molar refractivity (Wildman–Crippen MR) is 112 cm³/mol. The average Bonchev–Trinajstić information content (AvgIpc) is 2.66. The SMILES string of the molecule is Fc1ccc(CCNCc2cc(Br)ccc2OCc2cccc(Cl)c2)cc1. The van der Waals surface area contributed by atoms with Gasteiger partial charge in [-0.2, -0.15) is 0 Å². The molecule has 0 saturated heterocycles. The molecule has 27 heavy (non-hydrogen) atoms. The van der Waals surface area contributed by atoms with Crippen LogP contribution in [0.2, 0.25) is 5.02 Å². The van der Waals surface area contributed by atoms with Gasteiger partial charge in [0.1, 0.15) is 18.2 Å². The zero-order valence-corrected chi connectivity index (χ0v) is 17.1. The number of benzene rings is 3. The lowest BCUT2D eigenvalue weighted by Gasteiger charge is -2.13. The van der Waals surface area contributed by atoms with Crippen LogP contribution < -0.4 is 10.1 Å². The van der Waals surface area contributed by atoms with Crippen molar-refractivity contribution in [3.8, 4) is 5.75 Å². The molecule has 0 aliphatic heterocycles. The van der Waals surface area contributed by atoms with Gasteiger partial charge in [-0.15, -0.1) is 0 Å². The van der Waals surface area contributed by atoms with Crippen molar-refractivity contribution in [1.82, 2.24) is 5.32 Å². The fourth-order valence-corrected chi connectivity index (χ4v) is 3.34. The first-order valence-electron chi connectivity index (χ1n) is 8.71. The molecule has 0 spiro atoms. The van der Waals surface area contributed by atoms with Crippen LogP contribution in [-0.4, -0.2) is 6.54 Å².